The molecular weight excluding hydrogens is 276 g/mol. The summed E-state index contributed by atoms with van der Waals surface area (Å²) in [6, 6.07) is 1.71. The molecule has 3 fully saturated rings. The third-order valence-electron chi connectivity index (χ3n) is 4.80. The van der Waals surface area contributed by atoms with E-state index in [0.717, 1.165) is 32.5 Å². The Bertz CT molecular complexity index is 692. The molecule has 1 unspecified atom stereocenters. The van der Waals surface area contributed by atoms with Crippen LogP contribution in [0.5, 0.6) is 0 Å². The summed E-state index contributed by atoms with van der Waals surface area (Å²) in [4.78, 5) is 2.39. The first-order valence-electron chi connectivity index (χ1n) is 7.36. The van der Waals surface area contributed by atoms with Gasteiger partial charge in [0.25, 0.3) is 0 Å². The van der Waals surface area contributed by atoms with Gasteiger partial charge in [0.05, 0.1) is 0 Å². The van der Waals surface area contributed by atoms with E-state index in [2.05, 4.69) is 15.4 Å². The van der Waals surface area contributed by atoms with Crippen LogP contribution in [0, 0.1) is 24.5 Å². The highest BCUT2D eigenvalue weighted by molar-refractivity contribution is 5.89. The molecule has 112 valence electrons. The molecule has 4 heterocycles. The fourth-order valence-corrected chi connectivity index (χ4v) is 3.56. The van der Waals surface area contributed by atoms with Crippen molar-refractivity contribution in [3.8, 4) is 0 Å². The number of nitrogens with zero attached hydrogens (tertiary/aromatic N) is 2. The lowest BCUT2D eigenvalue weighted by atomic mass is 9.84. The summed E-state index contributed by atoms with van der Waals surface area (Å²) < 4.78 is 33.1. The Morgan fingerprint density at radius 1 is 1.29 bits per heavy atom. The van der Waals surface area contributed by atoms with Gasteiger partial charge in [-0.15, -0.1) is 0 Å². The molecular formula is C15H17F2N3O. The highest BCUT2D eigenvalue weighted by atomic mass is 19.2. The van der Waals surface area contributed by atoms with Gasteiger partial charge in [-0.25, -0.2) is 8.78 Å². The molecule has 1 atom stereocenters. The zero-order valence-corrected chi connectivity index (χ0v) is 11.8. The Balaban J connectivity index is 1.69. The maximum atomic E-state index is 14.2. The van der Waals surface area contributed by atoms with Gasteiger partial charge in [0.2, 0.25) is 0 Å². The summed E-state index contributed by atoms with van der Waals surface area (Å²) in [5.74, 6) is -0.821. The number of hydrogen-bond donors (Lipinski definition) is 1. The van der Waals surface area contributed by atoms with Crippen molar-refractivity contribution in [1.29, 1.82) is 0 Å². The van der Waals surface area contributed by atoms with Crippen LogP contribution in [-0.2, 0) is 0 Å². The van der Waals surface area contributed by atoms with Crippen LogP contribution in [-0.4, -0.2) is 35.7 Å². The molecule has 0 amide bonds. The lowest BCUT2D eigenvalue weighted by Gasteiger charge is -2.44. The van der Waals surface area contributed by atoms with Crippen LogP contribution in [0.4, 0.5) is 14.6 Å². The predicted molar refractivity (Wildman–Crippen MR) is 75.2 cm³/mol. The minimum absolute atomic E-state index is 0.120. The number of aryl methyl sites for hydroxylation is 1. The fraction of sp³-hybridized carbons (Fsp3) is 0.533. The maximum absolute atomic E-state index is 14.2. The molecule has 3 saturated heterocycles. The molecule has 0 aliphatic carbocycles. The van der Waals surface area contributed by atoms with E-state index >= 15 is 0 Å². The molecule has 2 bridgehead atoms. The van der Waals surface area contributed by atoms with E-state index in [-0.39, 0.29) is 22.6 Å². The molecule has 0 spiro atoms. The number of aromatic nitrogens is 1. The predicted octanol–water partition coefficient (Wildman–Crippen LogP) is 2.92. The molecule has 1 aromatic heterocycles. The highest BCUT2D eigenvalue weighted by Crippen LogP contribution is 2.33. The second kappa shape index (κ2) is 4.66. The van der Waals surface area contributed by atoms with Gasteiger partial charge in [-0.05, 0) is 50.4 Å². The second-order valence-electron chi connectivity index (χ2n) is 6.11. The van der Waals surface area contributed by atoms with Crippen LogP contribution in [0.1, 0.15) is 18.4 Å². The third kappa shape index (κ3) is 2.00. The molecule has 0 radical (unpaired) electrons. The topological polar surface area (TPSA) is 41.3 Å². The Morgan fingerprint density at radius 2 is 2.05 bits per heavy atom. The Hall–Kier alpha value is -1.69. The number of piperidine rings is 3. The van der Waals surface area contributed by atoms with Crippen LogP contribution in [0.25, 0.3) is 11.0 Å². The Labute approximate surface area is 121 Å². The van der Waals surface area contributed by atoms with Crippen molar-refractivity contribution in [3.05, 3.63) is 23.3 Å². The van der Waals surface area contributed by atoms with Gasteiger partial charge in [-0.2, -0.15) is 0 Å². The highest BCUT2D eigenvalue weighted by Gasteiger charge is 2.35. The number of benzene rings is 1. The first-order valence-corrected chi connectivity index (χ1v) is 7.36. The quantitative estimate of drug-likeness (QED) is 0.924. The summed E-state index contributed by atoms with van der Waals surface area (Å²) in [6.45, 7) is 4.70. The van der Waals surface area contributed by atoms with Gasteiger partial charge in [0.1, 0.15) is 5.39 Å². The number of halogens is 2. The summed E-state index contributed by atoms with van der Waals surface area (Å²) in [7, 11) is 0. The van der Waals surface area contributed by atoms with Crippen LogP contribution >= 0.6 is 0 Å². The molecule has 6 heteroatoms. The smallest absolute Gasteiger partial charge is 0.180 e. The standard InChI is InChI=1S/C15H17F2N3O/c1-8-6-11-12(14(17)13(8)16)15(19-21-11)18-10-7-20-4-2-9(10)3-5-20/h6,9-10H,2-5,7H2,1H3,(H,18,19). The molecule has 3 aliphatic heterocycles. The van der Waals surface area contributed by atoms with Crippen molar-refractivity contribution in [1.82, 2.24) is 10.1 Å². The van der Waals surface area contributed by atoms with Crippen LogP contribution < -0.4 is 5.32 Å². The van der Waals surface area contributed by atoms with Crippen molar-refractivity contribution >= 4 is 16.8 Å². The van der Waals surface area contributed by atoms with Crippen molar-refractivity contribution in [2.75, 3.05) is 25.0 Å². The molecule has 1 N–H and O–H groups in total. The van der Waals surface area contributed by atoms with E-state index in [1.54, 1.807) is 0 Å². The Kier molecular flexibility index (Phi) is 2.89. The van der Waals surface area contributed by atoms with E-state index in [1.807, 2.05) is 0 Å². The summed E-state index contributed by atoms with van der Waals surface area (Å²) in [5.41, 5.74) is 0.515. The summed E-state index contributed by atoms with van der Waals surface area (Å²) in [5, 5.41) is 7.29. The fourth-order valence-electron chi connectivity index (χ4n) is 3.56. The van der Waals surface area contributed by atoms with Crippen molar-refractivity contribution in [3.63, 3.8) is 0 Å². The normalized spacial score (nSPS) is 28.2. The van der Waals surface area contributed by atoms with Crippen LogP contribution in [0.3, 0.4) is 0 Å². The lowest BCUT2D eigenvalue weighted by Crippen LogP contribution is -2.53. The molecule has 2 aromatic rings. The van der Waals surface area contributed by atoms with Crippen molar-refractivity contribution in [2.45, 2.75) is 25.8 Å². The Morgan fingerprint density at radius 3 is 2.71 bits per heavy atom. The average Bonchev–Trinajstić information content (AvgIpc) is 2.89. The van der Waals surface area contributed by atoms with Crippen LogP contribution in [0.2, 0.25) is 0 Å². The van der Waals surface area contributed by atoms with E-state index in [9.17, 15) is 8.78 Å². The number of fused-ring (bicyclic) bond motifs is 4. The van der Waals surface area contributed by atoms with E-state index in [1.165, 1.54) is 13.0 Å². The van der Waals surface area contributed by atoms with Crippen molar-refractivity contribution in [2.24, 2.45) is 5.92 Å². The first-order chi connectivity index (χ1) is 10.1. The SMILES string of the molecule is Cc1cc2onc(NC3CN4CCC3CC4)c2c(F)c1F. The van der Waals surface area contributed by atoms with Crippen molar-refractivity contribution < 1.29 is 13.3 Å². The van der Waals surface area contributed by atoms with E-state index < -0.39 is 11.6 Å². The van der Waals surface area contributed by atoms with E-state index in [4.69, 9.17) is 4.52 Å². The largest absolute Gasteiger partial charge is 0.362 e. The number of hydrogen-bond acceptors (Lipinski definition) is 4. The number of rotatable bonds is 2. The maximum Gasteiger partial charge on any atom is 0.180 e. The monoisotopic (exact) mass is 293 g/mol. The van der Waals surface area contributed by atoms with Gasteiger partial charge >= 0.3 is 0 Å². The molecule has 0 saturated carbocycles. The third-order valence-corrected chi connectivity index (χ3v) is 4.80. The van der Waals surface area contributed by atoms with Gasteiger partial charge in [0.15, 0.2) is 23.0 Å². The summed E-state index contributed by atoms with van der Waals surface area (Å²) >= 11 is 0. The summed E-state index contributed by atoms with van der Waals surface area (Å²) in [6.07, 6.45) is 2.28. The molecule has 1 aromatic carbocycles. The first kappa shape index (κ1) is 13.0. The minimum Gasteiger partial charge on any atom is -0.362 e. The minimum atomic E-state index is -0.880. The van der Waals surface area contributed by atoms with Crippen LogP contribution in [0.15, 0.2) is 10.6 Å². The number of anilines is 1. The molecule has 5 rings (SSSR count). The molecule has 3 aliphatic rings. The van der Waals surface area contributed by atoms with Gasteiger partial charge in [-0.3, -0.25) is 0 Å². The molecule has 21 heavy (non-hydrogen) atoms. The van der Waals surface area contributed by atoms with Gasteiger partial charge in [0, 0.05) is 12.6 Å². The van der Waals surface area contributed by atoms with Gasteiger partial charge in [-0.1, -0.05) is 5.16 Å². The second-order valence-corrected chi connectivity index (χ2v) is 6.11. The van der Waals surface area contributed by atoms with Gasteiger partial charge < -0.3 is 14.7 Å². The molecule has 4 nitrogen and oxygen atoms in total. The van der Waals surface area contributed by atoms with E-state index in [0.29, 0.717) is 11.7 Å². The average molecular weight is 293 g/mol. The number of nitrogens with one attached hydrogen (secondary N) is 1. The zero-order valence-electron chi connectivity index (χ0n) is 11.8. The zero-order chi connectivity index (χ0) is 14.6. The lowest BCUT2D eigenvalue weighted by molar-refractivity contribution is 0.0973.